The van der Waals surface area contributed by atoms with Crippen LogP contribution < -0.4 is 0 Å². The van der Waals surface area contributed by atoms with Gasteiger partial charge in [0.25, 0.3) is 0 Å². The van der Waals surface area contributed by atoms with Gasteiger partial charge in [-0.3, -0.25) is 0 Å². The van der Waals surface area contributed by atoms with E-state index in [2.05, 4.69) is 50.2 Å². The summed E-state index contributed by atoms with van der Waals surface area (Å²) in [4.78, 5) is 0. The Labute approximate surface area is 127 Å². The van der Waals surface area contributed by atoms with Crippen molar-refractivity contribution in [2.45, 2.75) is 51.0 Å². The summed E-state index contributed by atoms with van der Waals surface area (Å²) < 4.78 is 0. The van der Waals surface area contributed by atoms with Gasteiger partial charge in [-0.2, -0.15) is 0 Å². The van der Waals surface area contributed by atoms with Gasteiger partial charge < -0.3 is 5.11 Å². The van der Waals surface area contributed by atoms with Crippen LogP contribution in [0.1, 0.15) is 73.3 Å². The lowest BCUT2D eigenvalue weighted by Gasteiger charge is -2.26. The average Bonchev–Trinajstić information content (AvgIpc) is 2.46. The lowest BCUT2D eigenvalue weighted by molar-refractivity contribution is 0.220. The Morgan fingerprint density at radius 3 is 1.71 bits per heavy atom. The molecule has 1 N–H and O–H groups in total. The van der Waals surface area contributed by atoms with Gasteiger partial charge in [-0.1, -0.05) is 68.8 Å². The molecule has 0 heterocycles. The van der Waals surface area contributed by atoms with Crippen molar-refractivity contribution in [2.75, 3.05) is 0 Å². The maximum absolute atomic E-state index is 10.5. The van der Waals surface area contributed by atoms with Crippen molar-refractivity contribution in [2.24, 2.45) is 0 Å². The van der Waals surface area contributed by atoms with Crippen LogP contribution in [0.4, 0.5) is 0 Å². The average molecular weight is 280 g/mol. The molecule has 0 aliphatic heterocycles. The maximum Gasteiger partial charge on any atom is 0.104 e. The highest BCUT2D eigenvalue weighted by molar-refractivity contribution is 5.35. The molecule has 0 spiro atoms. The molecule has 0 radical (unpaired) electrons. The lowest BCUT2D eigenvalue weighted by atomic mass is 9.80. The van der Waals surface area contributed by atoms with Crippen molar-refractivity contribution in [3.8, 4) is 0 Å². The second-order valence-electron chi connectivity index (χ2n) is 6.52. The smallest absolute Gasteiger partial charge is 0.104 e. The fourth-order valence-corrected chi connectivity index (χ4v) is 2.95. The minimum absolute atomic E-state index is 0.526. The van der Waals surface area contributed by atoms with E-state index in [-0.39, 0.29) is 0 Å². The first-order chi connectivity index (χ1) is 10.1. The normalized spacial score (nSPS) is 16.8. The van der Waals surface area contributed by atoms with E-state index in [9.17, 15) is 5.11 Å². The van der Waals surface area contributed by atoms with Crippen molar-refractivity contribution in [3.05, 3.63) is 70.8 Å². The Morgan fingerprint density at radius 2 is 1.29 bits per heavy atom. The van der Waals surface area contributed by atoms with Crippen molar-refractivity contribution >= 4 is 0 Å². The van der Waals surface area contributed by atoms with E-state index >= 15 is 0 Å². The van der Waals surface area contributed by atoms with Crippen molar-refractivity contribution in [1.29, 1.82) is 0 Å². The van der Waals surface area contributed by atoms with Crippen molar-refractivity contribution in [1.82, 2.24) is 0 Å². The Hall–Kier alpha value is -1.60. The highest BCUT2D eigenvalue weighted by Crippen LogP contribution is 2.36. The minimum Gasteiger partial charge on any atom is -0.384 e. The summed E-state index contributed by atoms with van der Waals surface area (Å²) in [5.74, 6) is 1.28. The van der Waals surface area contributed by atoms with Gasteiger partial charge in [0.2, 0.25) is 0 Å². The molecule has 0 bridgehead atoms. The van der Waals surface area contributed by atoms with Gasteiger partial charge in [0, 0.05) is 0 Å². The fraction of sp³-hybridized carbons (Fsp3) is 0.400. The molecular weight excluding hydrogens is 256 g/mol. The quantitative estimate of drug-likeness (QED) is 0.820. The van der Waals surface area contributed by atoms with Crippen LogP contribution in [-0.2, 0) is 0 Å². The minimum atomic E-state index is -0.526. The third-order valence-electron chi connectivity index (χ3n) is 4.75. The highest BCUT2D eigenvalue weighted by atomic mass is 16.3. The Kier molecular flexibility index (Phi) is 4.12. The van der Waals surface area contributed by atoms with Crippen LogP contribution in [-0.4, -0.2) is 5.11 Å². The first kappa shape index (κ1) is 14.3. The third-order valence-corrected chi connectivity index (χ3v) is 4.75. The molecular formula is C20H24O. The predicted molar refractivity (Wildman–Crippen MR) is 87.6 cm³/mol. The molecule has 1 saturated carbocycles. The Balaban J connectivity index is 1.75. The van der Waals surface area contributed by atoms with Gasteiger partial charge in [-0.15, -0.1) is 0 Å². The SMILES string of the molecule is CC(C)c1ccc(C(O)c2ccc(C3CCC3)cc2)cc1. The number of aliphatic hydroxyl groups is 1. The zero-order chi connectivity index (χ0) is 14.8. The number of hydrogen-bond acceptors (Lipinski definition) is 1. The Bertz CT molecular complexity index is 576. The molecule has 21 heavy (non-hydrogen) atoms. The Morgan fingerprint density at radius 1 is 0.810 bits per heavy atom. The van der Waals surface area contributed by atoms with E-state index in [1.54, 1.807) is 0 Å². The standard InChI is InChI=1S/C20H24O/c1-14(2)15-6-10-18(11-7-15)20(21)19-12-8-17(9-13-19)16-4-3-5-16/h6-14,16,20-21H,3-5H2,1-2H3. The van der Waals surface area contributed by atoms with Crippen LogP contribution in [0.5, 0.6) is 0 Å². The fourth-order valence-electron chi connectivity index (χ4n) is 2.95. The van der Waals surface area contributed by atoms with Gasteiger partial charge in [0.15, 0.2) is 0 Å². The van der Waals surface area contributed by atoms with Gasteiger partial charge in [-0.05, 0) is 46.9 Å². The molecule has 1 unspecified atom stereocenters. The summed E-state index contributed by atoms with van der Waals surface area (Å²) >= 11 is 0. The van der Waals surface area contributed by atoms with Crippen LogP contribution >= 0.6 is 0 Å². The summed E-state index contributed by atoms with van der Waals surface area (Å²) in [6, 6.07) is 16.8. The summed E-state index contributed by atoms with van der Waals surface area (Å²) in [5.41, 5.74) is 4.69. The molecule has 1 atom stereocenters. The second kappa shape index (κ2) is 6.03. The monoisotopic (exact) mass is 280 g/mol. The number of rotatable bonds is 4. The van der Waals surface area contributed by atoms with Crippen LogP contribution in [0.3, 0.4) is 0 Å². The molecule has 110 valence electrons. The van der Waals surface area contributed by atoms with Gasteiger partial charge in [-0.25, -0.2) is 0 Å². The van der Waals surface area contributed by atoms with Gasteiger partial charge >= 0.3 is 0 Å². The molecule has 1 fully saturated rings. The number of hydrogen-bond donors (Lipinski definition) is 1. The molecule has 3 rings (SSSR count). The largest absolute Gasteiger partial charge is 0.384 e. The van der Waals surface area contributed by atoms with E-state index < -0.39 is 6.10 Å². The number of benzene rings is 2. The summed E-state index contributed by atoms with van der Waals surface area (Å²) in [6.45, 7) is 4.37. The van der Waals surface area contributed by atoms with Crippen LogP contribution in [0.2, 0.25) is 0 Å². The second-order valence-corrected chi connectivity index (χ2v) is 6.52. The zero-order valence-electron chi connectivity index (χ0n) is 12.9. The highest BCUT2D eigenvalue weighted by Gasteiger charge is 2.19. The molecule has 1 aliphatic rings. The summed E-state index contributed by atoms with van der Waals surface area (Å²) in [7, 11) is 0. The van der Waals surface area contributed by atoms with Gasteiger partial charge in [0.1, 0.15) is 6.10 Å². The van der Waals surface area contributed by atoms with Crippen molar-refractivity contribution in [3.63, 3.8) is 0 Å². The van der Waals surface area contributed by atoms with E-state index in [1.807, 2.05) is 12.1 Å². The molecule has 2 aromatic carbocycles. The topological polar surface area (TPSA) is 20.2 Å². The van der Waals surface area contributed by atoms with E-state index in [0.29, 0.717) is 5.92 Å². The summed E-state index contributed by atoms with van der Waals surface area (Å²) in [5, 5.41) is 10.5. The first-order valence-corrected chi connectivity index (χ1v) is 8.03. The molecule has 1 aliphatic carbocycles. The molecule has 1 nitrogen and oxygen atoms in total. The molecule has 2 aromatic rings. The van der Waals surface area contributed by atoms with Gasteiger partial charge in [0.05, 0.1) is 0 Å². The van der Waals surface area contributed by atoms with Crippen LogP contribution in [0, 0.1) is 0 Å². The predicted octanol–water partition coefficient (Wildman–Crippen LogP) is 5.16. The van der Waals surface area contributed by atoms with Crippen LogP contribution in [0.15, 0.2) is 48.5 Å². The molecule has 0 amide bonds. The van der Waals surface area contributed by atoms with Crippen LogP contribution in [0.25, 0.3) is 0 Å². The molecule has 0 saturated heterocycles. The maximum atomic E-state index is 10.5. The molecule has 1 heteroatoms. The van der Waals surface area contributed by atoms with Crippen molar-refractivity contribution < 1.29 is 5.11 Å². The lowest BCUT2D eigenvalue weighted by Crippen LogP contribution is -2.09. The first-order valence-electron chi connectivity index (χ1n) is 8.03. The van der Waals surface area contributed by atoms with E-state index in [1.165, 1.54) is 30.4 Å². The third kappa shape index (κ3) is 3.03. The van der Waals surface area contributed by atoms with E-state index in [4.69, 9.17) is 0 Å². The zero-order valence-corrected chi connectivity index (χ0v) is 12.9. The number of aliphatic hydroxyl groups excluding tert-OH is 1. The van der Waals surface area contributed by atoms with E-state index in [0.717, 1.165) is 17.0 Å². The summed E-state index contributed by atoms with van der Waals surface area (Å²) in [6.07, 6.45) is 3.47. The molecule has 0 aromatic heterocycles.